The fourth-order valence-electron chi connectivity index (χ4n) is 8.48. The molecule has 544 valence electrons. The molecule has 3 amide bonds. The number of carbonyl (C=O) groups is 5. The predicted octanol–water partition coefficient (Wildman–Crippen LogP) is 6.56. The molecule has 26 nitrogen and oxygen atoms in total. The zero-order valence-electron chi connectivity index (χ0n) is 57.3. The molecule has 0 radical (unpaired) electrons. The molecule has 3 N–H and O–H groups in total. The molecule has 0 aliphatic rings. The Balaban J connectivity index is 3.45. The van der Waals surface area contributed by atoms with Gasteiger partial charge < -0.3 is 101 Å². The Bertz CT molecular complexity index is 1600. The van der Waals surface area contributed by atoms with Crippen LogP contribution in [-0.4, -0.2) is 283 Å². The van der Waals surface area contributed by atoms with E-state index in [4.69, 9.17) is 85.6 Å². The van der Waals surface area contributed by atoms with Gasteiger partial charge in [-0.15, -0.1) is 0 Å². The van der Waals surface area contributed by atoms with Crippen LogP contribution in [0.5, 0.6) is 0 Å². The summed E-state index contributed by atoms with van der Waals surface area (Å²) in [5, 5.41) is 14.2. The van der Waals surface area contributed by atoms with Crippen LogP contribution in [0.3, 0.4) is 0 Å². The number of carboxylic acid groups (broad SMARTS) is 1. The number of ether oxygens (including phenoxy) is 17. The van der Waals surface area contributed by atoms with Crippen molar-refractivity contribution in [1.29, 1.82) is 0 Å². The number of rotatable bonds is 78. The second-order valence-electron chi connectivity index (χ2n) is 21.9. The van der Waals surface area contributed by atoms with E-state index in [9.17, 15) is 24.0 Å². The molecule has 0 heterocycles. The molecule has 0 aromatic rings. The third-order valence-electron chi connectivity index (χ3n) is 13.4. The predicted molar refractivity (Wildman–Crippen MR) is 347 cm³/mol. The van der Waals surface area contributed by atoms with Gasteiger partial charge in [0.15, 0.2) is 0 Å². The first-order valence-corrected chi connectivity index (χ1v) is 34.6. The van der Waals surface area contributed by atoms with Gasteiger partial charge in [-0.1, -0.05) is 90.4 Å². The van der Waals surface area contributed by atoms with Crippen molar-refractivity contribution in [2.75, 3.05) is 238 Å². The second kappa shape index (κ2) is 75.1. The van der Waals surface area contributed by atoms with Crippen LogP contribution < -0.4 is 10.6 Å². The van der Waals surface area contributed by atoms with Crippen molar-refractivity contribution < 1.29 is 110 Å². The molecule has 26 heteroatoms. The summed E-state index contributed by atoms with van der Waals surface area (Å²) < 4.78 is 93.2. The highest BCUT2D eigenvalue weighted by Crippen LogP contribution is 2.14. The Kier molecular flexibility index (Phi) is 72.4. The first-order valence-electron chi connectivity index (χ1n) is 34.6. The second-order valence-corrected chi connectivity index (χ2v) is 21.9. The number of amides is 3. The number of hydrogen-bond donors (Lipinski definition) is 3. The molecule has 0 saturated heterocycles. The van der Waals surface area contributed by atoms with Crippen LogP contribution >= 0.6 is 0 Å². The van der Waals surface area contributed by atoms with Crippen LogP contribution in [0.25, 0.3) is 0 Å². The van der Waals surface area contributed by atoms with Crippen molar-refractivity contribution in [3.05, 3.63) is 0 Å². The van der Waals surface area contributed by atoms with Gasteiger partial charge in [0.1, 0.15) is 6.54 Å². The van der Waals surface area contributed by atoms with E-state index in [2.05, 4.69) is 17.6 Å². The Morgan fingerprint density at radius 1 is 0.315 bits per heavy atom. The van der Waals surface area contributed by atoms with Crippen molar-refractivity contribution in [1.82, 2.24) is 15.5 Å². The summed E-state index contributed by atoms with van der Waals surface area (Å²) in [6.45, 7) is 21.5. The van der Waals surface area contributed by atoms with Gasteiger partial charge in [-0.25, -0.2) is 0 Å². The molecule has 0 atom stereocenters. The molecule has 92 heavy (non-hydrogen) atoms. The topological polar surface area (TPSA) is 290 Å². The summed E-state index contributed by atoms with van der Waals surface area (Å²) in [5.74, 6) is -1.33. The Morgan fingerprint density at radius 3 is 0.935 bits per heavy atom. The average Bonchev–Trinajstić information content (AvgIpc) is 3.66. The third kappa shape index (κ3) is 74.1. The van der Waals surface area contributed by atoms with E-state index in [0.717, 1.165) is 64.3 Å². The van der Waals surface area contributed by atoms with E-state index in [1.807, 2.05) is 4.90 Å². The fraction of sp³-hybridized carbons (Fsp3) is 0.924. The molecule has 0 aromatic carbocycles. The minimum atomic E-state index is -0.733. The summed E-state index contributed by atoms with van der Waals surface area (Å²) >= 11 is 0. The van der Waals surface area contributed by atoms with Crippen LogP contribution in [0.1, 0.15) is 156 Å². The standard InChI is InChI=1S/C66H127N3O23/c1-4-5-6-7-8-9-13-16-19-26-69(64(72)22-17-14-11-10-12-15-18-23-65(73)74)27-20-21-62(70)67-25-29-77-31-33-79-35-37-81-39-41-83-43-45-85-47-49-87-51-53-89-55-57-91-59-58-90-56-54-88-52-50-86-48-46-84-44-42-82-40-38-80-36-34-78-32-30-76-28-24-63(71)68-60-66(75)92-61(2)3/h61H,4-60H2,1-3H3,(H,67,70)(H,68,71)(H,73,74). The highest BCUT2D eigenvalue weighted by Gasteiger charge is 2.15. The number of hydrogen-bond acceptors (Lipinski definition) is 22. The lowest BCUT2D eigenvalue weighted by Crippen LogP contribution is -2.34. The monoisotopic (exact) mass is 1330 g/mol. The Labute approximate surface area is 552 Å². The zero-order chi connectivity index (χ0) is 66.8. The summed E-state index contributed by atoms with van der Waals surface area (Å²) in [7, 11) is 0. The number of aliphatic carboxylic acids is 1. The van der Waals surface area contributed by atoms with E-state index in [1.54, 1.807) is 13.8 Å². The van der Waals surface area contributed by atoms with Crippen molar-refractivity contribution >= 4 is 29.7 Å². The van der Waals surface area contributed by atoms with Gasteiger partial charge in [0.2, 0.25) is 17.7 Å². The van der Waals surface area contributed by atoms with Crippen LogP contribution in [-0.2, 0) is 104 Å². The van der Waals surface area contributed by atoms with Gasteiger partial charge in [-0.05, 0) is 39.5 Å². The van der Waals surface area contributed by atoms with E-state index < -0.39 is 11.9 Å². The lowest BCUT2D eigenvalue weighted by Gasteiger charge is -2.23. The molecule has 0 bridgehead atoms. The Hall–Kier alpha value is -3.29. The maximum absolute atomic E-state index is 13.2. The van der Waals surface area contributed by atoms with Gasteiger partial charge in [-0.2, -0.15) is 0 Å². The normalized spacial score (nSPS) is 11.5. The van der Waals surface area contributed by atoms with Gasteiger partial charge in [0.25, 0.3) is 0 Å². The fourth-order valence-corrected chi connectivity index (χ4v) is 8.48. The lowest BCUT2D eigenvalue weighted by molar-refractivity contribution is -0.147. The largest absolute Gasteiger partial charge is 0.481 e. The van der Waals surface area contributed by atoms with Crippen molar-refractivity contribution in [2.45, 2.75) is 162 Å². The van der Waals surface area contributed by atoms with Crippen LogP contribution in [0, 0.1) is 0 Å². The number of carboxylic acids is 1. The minimum absolute atomic E-state index is 0.0366. The summed E-state index contributed by atoms with van der Waals surface area (Å²) in [5.41, 5.74) is 0. The van der Waals surface area contributed by atoms with E-state index in [0.29, 0.717) is 237 Å². The number of carbonyl (C=O) groups excluding carboxylic acids is 4. The summed E-state index contributed by atoms with van der Waals surface area (Å²) in [6.07, 6.45) is 19.5. The van der Waals surface area contributed by atoms with Crippen LogP contribution in [0.4, 0.5) is 0 Å². The van der Waals surface area contributed by atoms with Crippen molar-refractivity contribution in [2.24, 2.45) is 0 Å². The lowest BCUT2D eigenvalue weighted by atomic mass is 10.1. The van der Waals surface area contributed by atoms with Crippen LogP contribution in [0.2, 0.25) is 0 Å². The SMILES string of the molecule is CCCCCCCCCCCN(CCCC(=O)NCCOCCOCCOCCOCCOCCOCCOCCOCCOCCOCCOCCOCCOCCOCCOCCOCCC(=O)NCC(=O)OC(C)C)C(=O)CCCCCCCCCC(=O)O. The third-order valence-corrected chi connectivity index (χ3v) is 13.4. The molecular formula is C66H127N3O23. The number of nitrogens with one attached hydrogen (secondary N) is 2. The molecule has 0 aliphatic heterocycles. The van der Waals surface area contributed by atoms with Gasteiger partial charge in [0, 0.05) is 45.3 Å². The van der Waals surface area contributed by atoms with Gasteiger partial charge >= 0.3 is 11.9 Å². The van der Waals surface area contributed by atoms with Crippen molar-refractivity contribution in [3.63, 3.8) is 0 Å². The van der Waals surface area contributed by atoms with E-state index >= 15 is 0 Å². The van der Waals surface area contributed by atoms with Gasteiger partial charge in [0.05, 0.1) is 218 Å². The maximum atomic E-state index is 13.2. The molecule has 0 rings (SSSR count). The summed E-state index contributed by atoms with van der Waals surface area (Å²) in [6, 6.07) is 0. The Morgan fingerprint density at radius 2 is 0.598 bits per heavy atom. The molecule has 0 unspecified atom stereocenters. The highest BCUT2D eigenvalue weighted by atomic mass is 16.6. The van der Waals surface area contributed by atoms with Gasteiger partial charge in [-0.3, -0.25) is 24.0 Å². The molecule has 0 saturated carbocycles. The molecule has 0 fully saturated rings. The first kappa shape index (κ1) is 88.7. The maximum Gasteiger partial charge on any atom is 0.325 e. The average molecular weight is 1330 g/mol. The quantitative estimate of drug-likeness (QED) is 0.0429. The smallest absolute Gasteiger partial charge is 0.325 e. The number of esters is 1. The molecule has 0 spiro atoms. The number of unbranched alkanes of at least 4 members (excludes halogenated alkanes) is 14. The molecule has 0 aromatic heterocycles. The minimum Gasteiger partial charge on any atom is -0.481 e. The summed E-state index contributed by atoms with van der Waals surface area (Å²) in [4.78, 5) is 61.5. The zero-order valence-corrected chi connectivity index (χ0v) is 57.3. The van der Waals surface area contributed by atoms with E-state index in [1.165, 1.54) is 44.9 Å². The first-order chi connectivity index (χ1) is 45.1. The highest BCUT2D eigenvalue weighted by molar-refractivity contribution is 5.82. The number of nitrogens with zero attached hydrogens (tertiary/aromatic N) is 1. The molecule has 0 aliphatic carbocycles. The molecular weight excluding hydrogens is 1200 g/mol. The van der Waals surface area contributed by atoms with E-state index in [-0.39, 0.29) is 49.8 Å². The van der Waals surface area contributed by atoms with Crippen molar-refractivity contribution in [3.8, 4) is 0 Å². The van der Waals surface area contributed by atoms with Crippen LogP contribution in [0.15, 0.2) is 0 Å².